The van der Waals surface area contributed by atoms with Crippen molar-refractivity contribution in [2.45, 2.75) is 77.8 Å². The van der Waals surface area contributed by atoms with Crippen LogP contribution in [0.15, 0.2) is 0 Å². The SMILES string of the molecule is CCCNC(CCN(CCC(C)C)C1CCCC1)C(N)=O. The number of rotatable bonds is 11. The van der Waals surface area contributed by atoms with E-state index in [1.807, 2.05) is 0 Å². The van der Waals surface area contributed by atoms with Crippen LogP contribution < -0.4 is 11.1 Å². The van der Waals surface area contributed by atoms with Crippen molar-refractivity contribution in [1.29, 1.82) is 0 Å². The van der Waals surface area contributed by atoms with Crippen LogP contribution in [0.5, 0.6) is 0 Å². The molecular weight excluding hydrogens is 262 g/mol. The fourth-order valence-electron chi connectivity index (χ4n) is 3.13. The summed E-state index contributed by atoms with van der Waals surface area (Å²) in [6.45, 7) is 9.68. The molecule has 0 aliphatic heterocycles. The number of carbonyl (C=O) groups excluding carboxylic acids is 1. The van der Waals surface area contributed by atoms with Crippen LogP contribution in [0.1, 0.15) is 65.7 Å². The lowest BCUT2D eigenvalue weighted by atomic mass is 10.1. The van der Waals surface area contributed by atoms with Crippen molar-refractivity contribution < 1.29 is 4.79 Å². The molecule has 0 saturated heterocycles. The first-order valence-corrected chi connectivity index (χ1v) is 8.81. The van der Waals surface area contributed by atoms with Gasteiger partial charge in [0.1, 0.15) is 0 Å². The van der Waals surface area contributed by atoms with Crippen LogP contribution >= 0.6 is 0 Å². The summed E-state index contributed by atoms with van der Waals surface area (Å²) in [5, 5.41) is 3.28. The topological polar surface area (TPSA) is 58.4 Å². The average molecular weight is 297 g/mol. The van der Waals surface area contributed by atoms with Gasteiger partial charge in [0.05, 0.1) is 6.04 Å². The lowest BCUT2D eigenvalue weighted by Gasteiger charge is -2.30. The molecule has 4 heteroatoms. The van der Waals surface area contributed by atoms with Crippen LogP contribution in [0, 0.1) is 5.92 Å². The van der Waals surface area contributed by atoms with E-state index in [2.05, 4.69) is 31.0 Å². The van der Waals surface area contributed by atoms with Gasteiger partial charge in [-0.3, -0.25) is 4.79 Å². The fraction of sp³-hybridized carbons (Fsp3) is 0.941. The van der Waals surface area contributed by atoms with E-state index in [1.54, 1.807) is 0 Å². The van der Waals surface area contributed by atoms with Crippen LogP contribution in [0.3, 0.4) is 0 Å². The lowest BCUT2D eigenvalue weighted by molar-refractivity contribution is -0.120. The van der Waals surface area contributed by atoms with E-state index in [4.69, 9.17) is 5.73 Å². The summed E-state index contributed by atoms with van der Waals surface area (Å²) in [5.41, 5.74) is 5.52. The molecule has 1 rings (SSSR count). The highest BCUT2D eigenvalue weighted by molar-refractivity contribution is 5.79. The summed E-state index contributed by atoms with van der Waals surface area (Å²) in [7, 11) is 0. The van der Waals surface area contributed by atoms with E-state index in [0.29, 0.717) is 0 Å². The maximum Gasteiger partial charge on any atom is 0.234 e. The summed E-state index contributed by atoms with van der Waals surface area (Å²) in [6, 6.07) is 0.552. The van der Waals surface area contributed by atoms with E-state index in [1.165, 1.54) is 32.1 Å². The molecule has 0 bridgehead atoms. The molecule has 0 radical (unpaired) electrons. The number of amides is 1. The van der Waals surface area contributed by atoms with Gasteiger partial charge >= 0.3 is 0 Å². The predicted molar refractivity (Wildman–Crippen MR) is 89.2 cm³/mol. The largest absolute Gasteiger partial charge is 0.368 e. The molecule has 1 saturated carbocycles. The minimum absolute atomic E-state index is 0.173. The highest BCUT2D eigenvalue weighted by atomic mass is 16.1. The molecule has 1 aliphatic rings. The fourth-order valence-corrected chi connectivity index (χ4v) is 3.13. The van der Waals surface area contributed by atoms with Gasteiger partial charge in [-0.25, -0.2) is 0 Å². The predicted octanol–water partition coefficient (Wildman–Crippen LogP) is 2.52. The van der Waals surface area contributed by atoms with Gasteiger partial charge in [-0.1, -0.05) is 33.6 Å². The van der Waals surface area contributed by atoms with Gasteiger partial charge in [0.2, 0.25) is 5.91 Å². The summed E-state index contributed by atoms with van der Waals surface area (Å²) in [4.78, 5) is 14.2. The summed E-state index contributed by atoms with van der Waals surface area (Å²) < 4.78 is 0. The zero-order valence-electron chi connectivity index (χ0n) is 14.2. The molecule has 0 aromatic carbocycles. The Kier molecular flexibility index (Phi) is 8.93. The Morgan fingerprint density at radius 3 is 2.38 bits per heavy atom. The number of nitrogens with one attached hydrogen (secondary N) is 1. The van der Waals surface area contributed by atoms with Crippen molar-refractivity contribution in [1.82, 2.24) is 10.2 Å². The Morgan fingerprint density at radius 1 is 1.24 bits per heavy atom. The number of nitrogens with two attached hydrogens (primary N) is 1. The normalized spacial score (nSPS) is 17.8. The van der Waals surface area contributed by atoms with Crippen molar-refractivity contribution in [3.63, 3.8) is 0 Å². The first-order chi connectivity index (χ1) is 10.0. The highest BCUT2D eigenvalue weighted by Crippen LogP contribution is 2.24. The number of hydrogen-bond donors (Lipinski definition) is 2. The molecule has 0 spiro atoms. The van der Waals surface area contributed by atoms with E-state index < -0.39 is 0 Å². The second-order valence-corrected chi connectivity index (χ2v) is 6.85. The third kappa shape index (κ3) is 7.28. The first-order valence-electron chi connectivity index (χ1n) is 8.81. The second-order valence-electron chi connectivity index (χ2n) is 6.85. The minimum Gasteiger partial charge on any atom is -0.368 e. The molecule has 1 amide bonds. The van der Waals surface area contributed by atoms with Gasteiger partial charge in [0, 0.05) is 12.6 Å². The van der Waals surface area contributed by atoms with Crippen molar-refractivity contribution in [2.24, 2.45) is 11.7 Å². The smallest absolute Gasteiger partial charge is 0.234 e. The first kappa shape index (κ1) is 18.4. The quantitative estimate of drug-likeness (QED) is 0.616. The Bertz CT molecular complexity index is 288. The van der Waals surface area contributed by atoms with Gasteiger partial charge in [0.25, 0.3) is 0 Å². The van der Waals surface area contributed by atoms with E-state index in [9.17, 15) is 4.79 Å². The summed E-state index contributed by atoms with van der Waals surface area (Å²) in [5.74, 6) is 0.526. The third-order valence-electron chi connectivity index (χ3n) is 4.52. The monoisotopic (exact) mass is 297 g/mol. The molecule has 1 fully saturated rings. The van der Waals surface area contributed by atoms with E-state index in [-0.39, 0.29) is 11.9 Å². The molecular formula is C17H35N3O. The molecule has 124 valence electrons. The third-order valence-corrected chi connectivity index (χ3v) is 4.52. The number of carbonyl (C=O) groups is 1. The van der Waals surface area contributed by atoms with Crippen LogP contribution in [-0.4, -0.2) is 42.5 Å². The van der Waals surface area contributed by atoms with Gasteiger partial charge < -0.3 is 16.0 Å². The molecule has 21 heavy (non-hydrogen) atoms. The van der Waals surface area contributed by atoms with Crippen molar-refractivity contribution >= 4 is 5.91 Å². The van der Waals surface area contributed by atoms with Crippen molar-refractivity contribution in [3.8, 4) is 0 Å². The standard InChI is InChI=1S/C17H35N3O/c1-4-11-19-16(17(18)21)10-13-20(12-9-14(2)3)15-7-5-6-8-15/h14-16,19H,4-13H2,1-3H3,(H2,18,21). The van der Waals surface area contributed by atoms with E-state index >= 15 is 0 Å². The maximum absolute atomic E-state index is 11.5. The summed E-state index contributed by atoms with van der Waals surface area (Å²) in [6.07, 6.45) is 8.46. The van der Waals surface area contributed by atoms with Gasteiger partial charge in [-0.05, 0) is 51.1 Å². The zero-order chi connectivity index (χ0) is 15.7. The van der Waals surface area contributed by atoms with Gasteiger partial charge in [-0.15, -0.1) is 0 Å². The number of nitrogens with zero attached hydrogens (tertiary/aromatic N) is 1. The Hall–Kier alpha value is -0.610. The second kappa shape index (κ2) is 10.2. The van der Waals surface area contributed by atoms with Gasteiger partial charge in [0.15, 0.2) is 0 Å². The molecule has 1 atom stereocenters. The number of hydrogen-bond acceptors (Lipinski definition) is 3. The molecule has 0 heterocycles. The Morgan fingerprint density at radius 2 is 1.86 bits per heavy atom. The molecule has 1 unspecified atom stereocenters. The maximum atomic E-state index is 11.5. The molecule has 4 nitrogen and oxygen atoms in total. The highest BCUT2D eigenvalue weighted by Gasteiger charge is 2.24. The van der Waals surface area contributed by atoms with Gasteiger partial charge in [-0.2, -0.15) is 0 Å². The summed E-state index contributed by atoms with van der Waals surface area (Å²) >= 11 is 0. The number of primary amides is 1. The Labute approximate surface area is 130 Å². The molecule has 0 aromatic heterocycles. The molecule has 0 aromatic rings. The molecule has 1 aliphatic carbocycles. The van der Waals surface area contributed by atoms with E-state index in [0.717, 1.165) is 44.4 Å². The molecule has 3 N–H and O–H groups in total. The van der Waals surface area contributed by atoms with Crippen LogP contribution in [0.25, 0.3) is 0 Å². The zero-order valence-corrected chi connectivity index (χ0v) is 14.2. The van der Waals surface area contributed by atoms with Crippen molar-refractivity contribution in [2.75, 3.05) is 19.6 Å². The van der Waals surface area contributed by atoms with Crippen molar-refractivity contribution in [3.05, 3.63) is 0 Å². The minimum atomic E-state index is -0.210. The van der Waals surface area contributed by atoms with Crippen LogP contribution in [0.2, 0.25) is 0 Å². The lowest BCUT2D eigenvalue weighted by Crippen LogP contribution is -2.45. The van der Waals surface area contributed by atoms with Crippen LogP contribution in [0.4, 0.5) is 0 Å². The Balaban J connectivity index is 2.47. The van der Waals surface area contributed by atoms with Crippen LogP contribution in [-0.2, 0) is 4.79 Å². The average Bonchev–Trinajstić information content (AvgIpc) is 2.95.